The molecule has 2 aromatic carbocycles. The molecule has 0 saturated heterocycles. The Hall–Kier alpha value is -3.19. The molecule has 3 rings (SSSR count). The molecule has 3 aromatic rings. The highest BCUT2D eigenvalue weighted by Gasteiger charge is 2.11. The second-order valence-corrected chi connectivity index (χ2v) is 7.84. The van der Waals surface area contributed by atoms with E-state index in [0.717, 1.165) is 16.9 Å². The molecule has 0 aliphatic heterocycles. The van der Waals surface area contributed by atoms with Crippen LogP contribution in [0.25, 0.3) is 11.3 Å². The third-order valence-electron chi connectivity index (χ3n) is 3.91. The molecule has 6 nitrogen and oxygen atoms in total. The lowest BCUT2D eigenvalue weighted by atomic mass is 10.1. The highest BCUT2D eigenvalue weighted by Crippen LogP contribution is 2.26. The first-order valence-corrected chi connectivity index (χ1v) is 10.2. The number of nitrogens with one attached hydrogen (secondary N) is 2. The largest absolute Gasteiger partial charge is 0.493 e. The summed E-state index contributed by atoms with van der Waals surface area (Å²) in [5, 5.41) is 7.96. The maximum atomic E-state index is 12.6. The maximum absolute atomic E-state index is 12.6. The molecule has 2 N–H and O–H groups in total. The molecule has 0 aliphatic carbocycles. The van der Waals surface area contributed by atoms with Gasteiger partial charge in [-0.1, -0.05) is 32.0 Å². The van der Waals surface area contributed by atoms with Crippen molar-refractivity contribution in [2.45, 2.75) is 20.8 Å². The van der Waals surface area contributed by atoms with Gasteiger partial charge in [0, 0.05) is 29.1 Å². The van der Waals surface area contributed by atoms with Crippen LogP contribution in [-0.2, 0) is 4.79 Å². The highest BCUT2D eigenvalue weighted by molar-refractivity contribution is 7.14. The third-order valence-corrected chi connectivity index (χ3v) is 4.66. The fourth-order valence-corrected chi connectivity index (χ4v) is 3.27. The van der Waals surface area contributed by atoms with Gasteiger partial charge < -0.3 is 10.1 Å². The highest BCUT2D eigenvalue weighted by atomic mass is 32.1. The molecule has 150 valence electrons. The van der Waals surface area contributed by atoms with Crippen molar-refractivity contribution in [1.82, 2.24) is 4.98 Å². The zero-order valence-electron chi connectivity index (χ0n) is 16.6. The summed E-state index contributed by atoms with van der Waals surface area (Å²) in [6.07, 6.45) is 0. The van der Waals surface area contributed by atoms with E-state index in [1.807, 2.05) is 35.7 Å². The smallest absolute Gasteiger partial charge is 0.257 e. The number of carbonyl (C=O) groups is 2. The van der Waals surface area contributed by atoms with E-state index >= 15 is 0 Å². The molecule has 0 spiro atoms. The first kappa shape index (κ1) is 20.5. The second-order valence-electron chi connectivity index (χ2n) is 6.98. The molecule has 0 saturated carbocycles. The summed E-state index contributed by atoms with van der Waals surface area (Å²) in [6.45, 7) is 6.21. The molecule has 29 heavy (non-hydrogen) atoms. The standard InChI is InChI=1S/C22H23N3O3S/c1-14(2)12-28-19-6-4-5-17(11-19)21(27)25-22-24-20(13-29-22)16-7-9-18(10-8-16)23-15(3)26/h4-11,13-14H,12H2,1-3H3,(H,23,26)(H,24,25,27). The molecule has 1 heterocycles. The number of carbonyl (C=O) groups excluding carboxylic acids is 2. The Morgan fingerprint density at radius 2 is 1.86 bits per heavy atom. The topological polar surface area (TPSA) is 80.3 Å². The number of rotatable bonds is 7. The van der Waals surface area contributed by atoms with Crippen LogP contribution in [0, 0.1) is 5.92 Å². The fourth-order valence-electron chi connectivity index (χ4n) is 2.55. The quantitative estimate of drug-likeness (QED) is 0.572. The van der Waals surface area contributed by atoms with Crippen molar-refractivity contribution < 1.29 is 14.3 Å². The lowest BCUT2D eigenvalue weighted by molar-refractivity contribution is -0.114. The number of aromatic nitrogens is 1. The van der Waals surface area contributed by atoms with E-state index in [0.29, 0.717) is 29.0 Å². The number of hydrogen-bond donors (Lipinski definition) is 2. The maximum Gasteiger partial charge on any atom is 0.257 e. The second kappa shape index (κ2) is 9.34. The number of benzene rings is 2. The summed E-state index contributed by atoms with van der Waals surface area (Å²) >= 11 is 1.36. The van der Waals surface area contributed by atoms with E-state index in [1.165, 1.54) is 18.3 Å². The van der Waals surface area contributed by atoms with Crippen LogP contribution in [0.4, 0.5) is 10.8 Å². The van der Waals surface area contributed by atoms with Gasteiger partial charge in [0.15, 0.2) is 5.13 Å². The van der Waals surface area contributed by atoms with Crippen LogP contribution in [0.15, 0.2) is 53.9 Å². The van der Waals surface area contributed by atoms with Crippen molar-refractivity contribution in [2.24, 2.45) is 5.92 Å². The average Bonchev–Trinajstić information content (AvgIpc) is 3.15. The summed E-state index contributed by atoms with van der Waals surface area (Å²) in [5.74, 6) is 0.732. The number of thiazole rings is 1. The van der Waals surface area contributed by atoms with Gasteiger partial charge in [-0.3, -0.25) is 14.9 Å². The van der Waals surface area contributed by atoms with Gasteiger partial charge in [-0.25, -0.2) is 4.98 Å². The lowest BCUT2D eigenvalue weighted by Crippen LogP contribution is -2.12. The van der Waals surface area contributed by atoms with Crippen molar-refractivity contribution in [2.75, 3.05) is 17.2 Å². The molecular weight excluding hydrogens is 386 g/mol. The zero-order valence-corrected chi connectivity index (χ0v) is 17.4. The molecule has 0 atom stereocenters. The first-order chi connectivity index (χ1) is 13.9. The van der Waals surface area contributed by atoms with Gasteiger partial charge in [-0.05, 0) is 36.2 Å². The van der Waals surface area contributed by atoms with Gasteiger partial charge in [0.2, 0.25) is 5.91 Å². The zero-order chi connectivity index (χ0) is 20.8. The molecular formula is C22H23N3O3S. The number of nitrogens with zero attached hydrogens (tertiary/aromatic N) is 1. The third kappa shape index (κ3) is 5.89. The number of ether oxygens (including phenoxy) is 1. The van der Waals surface area contributed by atoms with Crippen LogP contribution in [0.1, 0.15) is 31.1 Å². The van der Waals surface area contributed by atoms with Crippen molar-refractivity contribution in [3.63, 3.8) is 0 Å². The SMILES string of the molecule is CC(=O)Nc1ccc(-c2csc(NC(=O)c3cccc(OCC(C)C)c3)n2)cc1. The molecule has 0 radical (unpaired) electrons. The molecule has 7 heteroatoms. The normalized spacial score (nSPS) is 10.6. The predicted molar refractivity (Wildman–Crippen MR) is 117 cm³/mol. The Morgan fingerprint density at radius 1 is 1.10 bits per heavy atom. The lowest BCUT2D eigenvalue weighted by Gasteiger charge is -2.09. The van der Waals surface area contributed by atoms with Crippen LogP contribution >= 0.6 is 11.3 Å². The monoisotopic (exact) mass is 409 g/mol. The minimum Gasteiger partial charge on any atom is -0.493 e. The molecule has 1 aromatic heterocycles. The number of anilines is 2. The van der Waals surface area contributed by atoms with Crippen LogP contribution < -0.4 is 15.4 Å². The Morgan fingerprint density at radius 3 is 2.55 bits per heavy atom. The molecule has 0 unspecified atom stereocenters. The Balaban J connectivity index is 1.66. The average molecular weight is 410 g/mol. The van der Waals surface area contributed by atoms with Gasteiger partial charge in [0.25, 0.3) is 5.91 Å². The van der Waals surface area contributed by atoms with Crippen molar-refractivity contribution in [1.29, 1.82) is 0 Å². The Kier molecular flexibility index (Phi) is 6.61. The van der Waals surface area contributed by atoms with E-state index in [4.69, 9.17) is 4.74 Å². The van der Waals surface area contributed by atoms with Crippen molar-refractivity contribution >= 4 is 34.0 Å². The van der Waals surface area contributed by atoms with Crippen LogP contribution in [-0.4, -0.2) is 23.4 Å². The van der Waals surface area contributed by atoms with Crippen LogP contribution in [0.2, 0.25) is 0 Å². The van der Waals surface area contributed by atoms with Gasteiger partial charge in [0.05, 0.1) is 12.3 Å². The minimum atomic E-state index is -0.234. The Labute approximate surface area is 173 Å². The predicted octanol–water partition coefficient (Wildman–Crippen LogP) is 5.06. The Bertz CT molecular complexity index is 997. The summed E-state index contributed by atoms with van der Waals surface area (Å²) in [6, 6.07) is 14.5. The van der Waals surface area contributed by atoms with Gasteiger partial charge >= 0.3 is 0 Å². The summed E-state index contributed by atoms with van der Waals surface area (Å²) in [5.41, 5.74) is 2.90. The molecule has 0 bridgehead atoms. The van der Waals surface area contributed by atoms with E-state index < -0.39 is 0 Å². The molecule has 0 aliphatic rings. The fraction of sp³-hybridized carbons (Fsp3) is 0.227. The van der Waals surface area contributed by atoms with E-state index in [9.17, 15) is 9.59 Å². The summed E-state index contributed by atoms with van der Waals surface area (Å²) < 4.78 is 5.68. The summed E-state index contributed by atoms with van der Waals surface area (Å²) in [4.78, 5) is 28.2. The van der Waals surface area contributed by atoms with E-state index in [-0.39, 0.29) is 11.8 Å². The van der Waals surface area contributed by atoms with Crippen LogP contribution in [0.5, 0.6) is 5.75 Å². The summed E-state index contributed by atoms with van der Waals surface area (Å²) in [7, 11) is 0. The van der Waals surface area contributed by atoms with Crippen molar-refractivity contribution in [3.05, 3.63) is 59.5 Å². The molecule has 0 fully saturated rings. The molecule has 2 amide bonds. The van der Waals surface area contributed by atoms with Crippen LogP contribution in [0.3, 0.4) is 0 Å². The van der Waals surface area contributed by atoms with E-state index in [1.54, 1.807) is 18.2 Å². The van der Waals surface area contributed by atoms with Gasteiger partial charge in [0.1, 0.15) is 5.75 Å². The van der Waals surface area contributed by atoms with Crippen molar-refractivity contribution in [3.8, 4) is 17.0 Å². The number of amides is 2. The first-order valence-electron chi connectivity index (χ1n) is 9.28. The van der Waals surface area contributed by atoms with Gasteiger partial charge in [-0.2, -0.15) is 0 Å². The number of hydrogen-bond acceptors (Lipinski definition) is 5. The minimum absolute atomic E-state index is 0.116. The van der Waals surface area contributed by atoms with Gasteiger partial charge in [-0.15, -0.1) is 11.3 Å². The van der Waals surface area contributed by atoms with E-state index in [2.05, 4.69) is 29.5 Å².